The first-order chi connectivity index (χ1) is 15.2. The summed E-state index contributed by atoms with van der Waals surface area (Å²) in [6, 6.07) is 0. The van der Waals surface area contributed by atoms with Gasteiger partial charge in [0.2, 0.25) is 0 Å². The molecule has 0 aliphatic heterocycles. The van der Waals surface area contributed by atoms with Gasteiger partial charge in [0.05, 0.1) is 12.2 Å². The van der Waals surface area contributed by atoms with Crippen LogP contribution in [0.1, 0.15) is 100 Å². The minimum absolute atomic E-state index is 0.00168. The van der Waals surface area contributed by atoms with Gasteiger partial charge in [-0.05, 0) is 91.8 Å². The van der Waals surface area contributed by atoms with Crippen molar-refractivity contribution in [3.63, 3.8) is 0 Å². The van der Waals surface area contributed by atoms with Gasteiger partial charge >= 0.3 is 0 Å². The Morgan fingerprint density at radius 3 is 2.42 bits per heavy atom. The highest BCUT2D eigenvalue weighted by molar-refractivity contribution is 5.87. The molecule has 186 valence electrons. The van der Waals surface area contributed by atoms with Crippen LogP contribution in [-0.2, 0) is 4.79 Å². The van der Waals surface area contributed by atoms with Gasteiger partial charge in [0.15, 0.2) is 0 Å². The second kappa shape index (κ2) is 8.05. The molecule has 4 aliphatic carbocycles. The van der Waals surface area contributed by atoms with Crippen molar-refractivity contribution in [2.45, 2.75) is 113 Å². The molecule has 9 atom stereocenters. The molecule has 0 heterocycles. The molecule has 0 aromatic heterocycles. The van der Waals surface area contributed by atoms with E-state index in [9.17, 15) is 15.0 Å². The van der Waals surface area contributed by atoms with Crippen LogP contribution < -0.4 is 0 Å². The number of allylic oxidation sites excluding steroid dienone is 3. The van der Waals surface area contributed by atoms with Crippen molar-refractivity contribution < 1.29 is 15.0 Å². The lowest BCUT2D eigenvalue weighted by molar-refractivity contribution is -0.152. The van der Waals surface area contributed by atoms with Gasteiger partial charge in [-0.15, -0.1) is 0 Å². The second-order valence-corrected chi connectivity index (χ2v) is 13.7. The molecule has 0 aromatic rings. The maximum Gasteiger partial charge on any atom is 0.140 e. The van der Waals surface area contributed by atoms with E-state index in [2.05, 4.69) is 67.5 Å². The number of aliphatic hydroxyl groups excluding tert-OH is 2. The van der Waals surface area contributed by atoms with Gasteiger partial charge in [-0.1, -0.05) is 64.8 Å². The molecule has 0 aromatic carbocycles. The number of hydrogen-bond acceptors (Lipinski definition) is 3. The van der Waals surface area contributed by atoms with E-state index in [-0.39, 0.29) is 51.6 Å². The van der Waals surface area contributed by atoms with Crippen LogP contribution in [-0.4, -0.2) is 28.2 Å². The summed E-state index contributed by atoms with van der Waals surface area (Å²) in [6.45, 7) is 18.0. The molecule has 0 unspecified atom stereocenters. The predicted octanol–water partition coefficient (Wildman–Crippen LogP) is 6.48. The monoisotopic (exact) mass is 456 g/mol. The fraction of sp³-hybridized carbons (Fsp3) is 0.833. The molecule has 0 spiro atoms. The number of carbonyl (C=O) groups is 1. The van der Waals surface area contributed by atoms with E-state index in [0.717, 1.165) is 32.1 Å². The summed E-state index contributed by atoms with van der Waals surface area (Å²) in [5.74, 6) is 1.24. The molecule has 0 amide bonds. The summed E-state index contributed by atoms with van der Waals surface area (Å²) in [5.41, 5.74) is 2.37. The molecule has 0 radical (unpaired) electrons. The fourth-order valence-corrected chi connectivity index (χ4v) is 9.09. The third-order valence-corrected chi connectivity index (χ3v) is 11.7. The Kier molecular flexibility index (Phi) is 6.14. The van der Waals surface area contributed by atoms with Crippen molar-refractivity contribution in [2.75, 3.05) is 0 Å². The van der Waals surface area contributed by atoms with Crippen LogP contribution in [0.4, 0.5) is 0 Å². The summed E-state index contributed by atoms with van der Waals surface area (Å²) in [7, 11) is 0. The molecule has 2 N–H and O–H groups in total. The zero-order chi connectivity index (χ0) is 24.6. The van der Waals surface area contributed by atoms with Gasteiger partial charge in [0.1, 0.15) is 5.78 Å². The van der Waals surface area contributed by atoms with E-state index in [4.69, 9.17) is 0 Å². The Labute approximate surface area is 202 Å². The van der Waals surface area contributed by atoms with Gasteiger partial charge in [0.25, 0.3) is 0 Å². The highest BCUT2D eigenvalue weighted by Gasteiger charge is 2.67. The molecule has 3 heteroatoms. The number of fused-ring (bicyclic) bond motifs is 5. The van der Waals surface area contributed by atoms with E-state index >= 15 is 0 Å². The topological polar surface area (TPSA) is 57.5 Å². The SMILES string of the molecule is CC(C)=CC[C@@H](O)[C@@H](C)[C@H]1CC[C@@]2(C)[C@@H]3C(=O)C[C@H]4C(C)(C)[C@@H](O)CC[C@]4(C)C3=CC[C@]12C. The van der Waals surface area contributed by atoms with Crippen LogP contribution in [0.5, 0.6) is 0 Å². The van der Waals surface area contributed by atoms with Crippen LogP contribution in [0.3, 0.4) is 0 Å². The van der Waals surface area contributed by atoms with Crippen molar-refractivity contribution in [3.8, 4) is 0 Å². The third-order valence-electron chi connectivity index (χ3n) is 11.7. The lowest BCUT2D eigenvalue weighted by Crippen LogP contribution is -2.60. The largest absolute Gasteiger partial charge is 0.393 e. The Morgan fingerprint density at radius 2 is 1.79 bits per heavy atom. The van der Waals surface area contributed by atoms with Gasteiger partial charge in [-0.3, -0.25) is 4.79 Å². The number of aliphatic hydroxyl groups is 2. The van der Waals surface area contributed by atoms with Gasteiger partial charge in [-0.2, -0.15) is 0 Å². The minimum atomic E-state index is -0.334. The number of Topliss-reactive ketones (excluding diaryl/α,β-unsaturated/α-hetero) is 1. The first kappa shape index (κ1) is 25.2. The van der Waals surface area contributed by atoms with Gasteiger partial charge in [0, 0.05) is 12.3 Å². The number of rotatable bonds is 4. The van der Waals surface area contributed by atoms with E-state index in [0.29, 0.717) is 24.5 Å². The normalized spacial score (nSPS) is 45.9. The first-order valence-corrected chi connectivity index (χ1v) is 13.4. The van der Waals surface area contributed by atoms with Crippen LogP contribution in [0.25, 0.3) is 0 Å². The molecule has 3 nitrogen and oxygen atoms in total. The van der Waals surface area contributed by atoms with Crippen LogP contribution >= 0.6 is 0 Å². The molecule has 0 saturated heterocycles. The van der Waals surface area contributed by atoms with Crippen LogP contribution in [0.15, 0.2) is 23.3 Å². The van der Waals surface area contributed by atoms with Crippen molar-refractivity contribution in [1.82, 2.24) is 0 Å². The summed E-state index contributed by atoms with van der Waals surface area (Å²) < 4.78 is 0. The summed E-state index contributed by atoms with van der Waals surface area (Å²) >= 11 is 0. The Morgan fingerprint density at radius 1 is 1.12 bits per heavy atom. The number of ketones is 1. The maximum atomic E-state index is 13.9. The molecule has 3 fully saturated rings. The first-order valence-electron chi connectivity index (χ1n) is 13.4. The average molecular weight is 457 g/mol. The Hall–Kier alpha value is -0.930. The number of hydrogen-bond donors (Lipinski definition) is 2. The maximum absolute atomic E-state index is 13.9. The standard InChI is InChI=1S/C30H48O3/c1-18(2)9-10-22(31)19(3)20-11-16-30(8)26-21(12-15-29(20,30)7)28(6)14-13-25(33)27(4,5)24(28)17-23(26)32/h9,12,19-20,22,24-26,31,33H,10-11,13-17H2,1-8H3/t19-,20+,22+,24-,25-,26-,28+,29+,30-/m0/s1. The molecule has 3 saturated carbocycles. The zero-order valence-electron chi connectivity index (χ0n) is 22.4. The molecule has 4 aliphatic rings. The van der Waals surface area contributed by atoms with Crippen molar-refractivity contribution in [2.24, 2.45) is 45.3 Å². The third kappa shape index (κ3) is 3.46. The predicted molar refractivity (Wildman–Crippen MR) is 135 cm³/mol. The highest BCUT2D eigenvalue weighted by atomic mass is 16.3. The molecule has 0 bridgehead atoms. The minimum Gasteiger partial charge on any atom is -0.393 e. The van der Waals surface area contributed by atoms with E-state index in [1.165, 1.54) is 11.1 Å². The summed E-state index contributed by atoms with van der Waals surface area (Å²) in [6.07, 6.45) is 10.2. The van der Waals surface area contributed by atoms with Crippen LogP contribution in [0, 0.1) is 45.3 Å². The van der Waals surface area contributed by atoms with Gasteiger partial charge < -0.3 is 10.2 Å². The zero-order valence-corrected chi connectivity index (χ0v) is 22.4. The van der Waals surface area contributed by atoms with Crippen molar-refractivity contribution >= 4 is 5.78 Å². The van der Waals surface area contributed by atoms with E-state index < -0.39 is 0 Å². The second-order valence-electron chi connectivity index (χ2n) is 13.7. The summed E-state index contributed by atoms with van der Waals surface area (Å²) in [5, 5.41) is 21.8. The lowest BCUT2D eigenvalue weighted by Gasteiger charge is -2.63. The fourth-order valence-electron chi connectivity index (χ4n) is 9.09. The van der Waals surface area contributed by atoms with Crippen LogP contribution in [0.2, 0.25) is 0 Å². The Balaban J connectivity index is 1.70. The highest BCUT2D eigenvalue weighted by Crippen LogP contribution is 2.72. The molecular weight excluding hydrogens is 408 g/mol. The molecular formula is C30H48O3. The average Bonchev–Trinajstić information content (AvgIpc) is 3.01. The van der Waals surface area contributed by atoms with Gasteiger partial charge in [-0.25, -0.2) is 0 Å². The number of carbonyl (C=O) groups excluding carboxylic acids is 1. The van der Waals surface area contributed by atoms with E-state index in [1.807, 2.05) is 0 Å². The smallest absolute Gasteiger partial charge is 0.140 e. The van der Waals surface area contributed by atoms with Crippen molar-refractivity contribution in [1.29, 1.82) is 0 Å². The molecule has 33 heavy (non-hydrogen) atoms. The lowest BCUT2D eigenvalue weighted by atomic mass is 9.41. The quantitative estimate of drug-likeness (QED) is 0.476. The van der Waals surface area contributed by atoms with Crippen molar-refractivity contribution in [3.05, 3.63) is 23.3 Å². The molecule has 4 rings (SSSR count). The summed E-state index contributed by atoms with van der Waals surface area (Å²) in [4.78, 5) is 13.9. The Bertz CT molecular complexity index is 864. The van der Waals surface area contributed by atoms with E-state index in [1.54, 1.807) is 0 Å².